The number of halogens is 1. The maximum absolute atomic E-state index is 13.3. The highest BCUT2D eigenvalue weighted by Crippen LogP contribution is 2.33. The number of carbonyl (C=O) groups is 1. The van der Waals surface area contributed by atoms with Gasteiger partial charge in [0, 0.05) is 47.7 Å². The summed E-state index contributed by atoms with van der Waals surface area (Å²) in [4.78, 5) is 28.9. The second-order valence-corrected chi connectivity index (χ2v) is 9.79. The minimum absolute atomic E-state index is 0.0501. The van der Waals surface area contributed by atoms with Crippen molar-refractivity contribution in [1.82, 2.24) is 4.90 Å². The van der Waals surface area contributed by atoms with Crippen molar-refractivity contribution >= 4 is 55.9 Å². The van der Waals surface area contributed by atoms with Gasteiger partial charge < -0.3 is 9.64 Å². The molecule has 0 atom stereocenters. The molecule has 0 spiro atoms. The number of nitrogens with zero attached hydrogens (tertiary/aromatic N) is 5. The second-order valence-electron chi connectivity index (χ2n) is 7.81. The van der Waals surface area contributed by atoms with Crippen LogP contribution in [0.25, 0.3) is 0 Å². The quantitative estimate of drug-likeness (QED) is 0.626. The molecule has 2 aromatic rings. The molecule has 3 aliphatic heterocycles. The van der Waals surface area contributed by atoms with Gasteiger partial charge in [0.25, 0.3) is 5.91 Å². The van der Waals surface area contributed by atoms with Gasteiger partial charge in [0.1, 0.15) is 11.5 Å². The third-order valence-electron chi connectivity index (χ3n) is 5.88. The number of amidine groups is 1. The number of amides is 1. The maximum Gasteiger partial charge on any atom is 0.278 e. The Balaban J connectivity index is 1.30. The number of hydrogen-bond donors (Lipinski definition) is 0. The predicted octanol–water partition coefficient (Wildman–Crippen LogP) is 3.48. The standard InChI is InChI=1S/C23H24BrN5O2S/c1-31-18-5-3-17(4-6-18)28-11-9-27(10-12-28)15-29-20-7-2-16(24)14-19(20)21(22(29)30)26-23-25-8-13-32-23/h2-7,14H,8-13,15H2,1H3. The Hall–Kier alpha value is -2.36. The number of aliphatic imine (C=N–C) groups is 2. The zero-order valence-corrected chi connectivity index (χ0v) is 20.2. The Bertz CT molecular complexity index is 1080. The van der Waals surface area contributed by atoms with Gasteiger partial charge in [0.05, 0.1) is 26.0 Å². The fourth-order valence-electron chi connectivity index (χ4n) is 4.16. The van der Waals surface area contributed by atoms with Gasteiger partial charge in [-0.05, 0) is 42.5 Å². The molecule has 0 bridgehead atoms. The minimum atomic E-state index is -0.0501. The molecule has 166 valence electrons. The molecule has 1 fully saturated rings. The molecule has 1 saturated heterocycles. The Morgan fingerprint density at radius 2 is 1.91 bits per heavy atom. The Kier molecular flexibility index (Phi) is 6.21. The van der Waals surface area contributed by atoms with Crippen LogP contribution in [0.1, 0.15) is 5.56 Å². The number of carbonyl (C=O) groups excluding carboxylic acids is 1. The van der Waals surface area contributed by atoms with Crippen LogP contribution in [-0.2, 0) is 4.79 Å². The summed E-state index contributed by atoms with van der Waals surface area (Å²) >= 11 is 5.14. The van der Waals surface area contributed by atoms with E-state index in [0.717, 1.165) is 59.9 Å². The van der Waals surface area contributed by atoms with Gasteiger partial charge in [-0.1, -0.05) is 27.7 Å². The number of methoxy groups -OCH3 is 1. The van der Waals surface area contributed by atoms with Crippen molar-refractivity contribution < 1.29 is 9.53 Å². The van der Waals surface area contributed by atoms with Crippen LogP contribution in [0, 0.1) is 0 Å². The number of ether oxygens (including phenoxy) is 1. The van der Waals surface area contributed by atoms with Crippen molar-refractivity contribution in [2.45, 2.75) is 0 Å². The lowest BCUT2D eigenvalue weighted by Gasteiger charge is -2.37. The summed E-state index contributed by atoms with van der Waals surface area (Å²) in [6.45, 7) is 4.92. The van der Waals surface area contributed by atoms with Crippen LogP contribution in [0.2, 0.25) is 0 Å². The van der Waals surface area contributed by atoms with E-state index in [1.165, 1.54) is 5.69 Å². The predicted molar refractivity (Wildman–Crippen MR) is 135 cm³/mol. The Morgan fingerprint density at radius 3 is 2.59 bits per heavy atom. The summed E-state index contributed by atoms with van der Waals surface area (Å²) in [5, 5.41) is 0.703. The molecule has 0 unspecified atom stereocenters. The Labute approximate surface area is 200 Å². The molecule has 0 aromatic heterocycles. The molecule has 5 rings (SSSR count). The first-order valence-corrected chi connectivity index (χ1v) is 12.4. The summed E-state index contributed by atoms with van der Waals surface area (Å²) in [6.07, 6.45) is 0. The molecule has 0 aliphatic carbocycles. The average molecular weight is 514 g/mol. The van der Waals surface area contributed by atoms with Crippen LogP contribution in [0.4, 0.5) is 11.4 Å². The van der Waals surface area contributed by atoms with E-state index in [1.54, 1.807) is 18.9 Å². The van der Waals surface area contributed by atoms with Crippen LogP contribution >= 0.6 is 27.7 Å². The summed E-state index contributed by atoms with van der Waals surface area (Å²) in [5.74, 6) is 1.74. The van der Waals surface area contributed by atoms with Gasteiger partial charge in [0.15, 0.2) is 5.17 Å². The molecule has 0 radical (unpaired) electrons. The van der Waals surface area contributed by atoms with E-state index in [9.17, 15) is 4.79 Å². The van der Waals surface area contributed by atoms with Crippen molar-refractivity contribution in [3.8, 4) is 5.75 Å². The van der Waals surface area contributed by atoms with Crippen molar-refractivity contribution in [3.05, 3.63) is 52.5 Å². The molecule has 3 aliphatic rings. The van der Waals surface area contributed by atoms with E-state index in [2.05, 4.69) is 47.8 Å². The maximum atomic E-state index is 13.3. The van der Waals surface area contributed by atoms with E-state index in [-0.39, 0.29) is 5.91 Å². The normalized spacial score (nSPS) is 20.1. The third kappa shape index (κ3) is 4.29. The highest BCUT2D eigenvalue weighted by atomic mass is 79.9. The number of fused-ring (bicyclic) bond motifs is 1. The number of thioether (sulfide) groups is 1. The summed E-state index contributed by atoms with van der Waals surface area (Å²) in [6, 6.07) is 14.1. The fourth-order valence-corrected chi connectivity index (χ4v) is 5.23. The lowest BCUT2D eigenvalue weighted by atomic mass is 10.1. The largest absolute Gasteiger partial charge is 0.497 e. The summed E-state index contributed by atoms with van der Waals surface area (Å²) < 4.78 is 6.20. The monoisotopic (exact) mass is 513 g/mol. The minimum Gasteiger partial charge on any atom is -0.497 e. The number of piperazine rings is 1. The van der Waals surface area contributed by atoms with Crippen molar-refractivity contribution in [3.63, 3.8) is 0 Å². The topological polar surface area (TPSA) is 60.7 Å². The van der Waals surface area contributed by atoms with E-state index in [4.69, 9.17) is 4.74 Å². The van der Waals surface area contributed by atoms with E-state index in [1.807, 2.05) is 35.2 Å². The van der Waals surface area contributed by atoms with Gasteiger partial charge in [0.2, 0.25) is 0 Å². The van der Waals surface area contributed by atoms with Gasteiger partial charge in [-0.25, -0.2) is 4.99 Å². The first kappa shape index (κ1) is 21.5. The van der Waals surface area contributed by atoms with Crippen LogP contribution in [0.5, 0.6) is 5.75 Å². The first-order chi connectivity index (χ1) is 15.6. The Morgan fingerprint density at radius 1 is 1.12 bits per heavy atom. The number of rotatable bonds is 4. The van der Waals surface area contributed by atoms with Gasteiger partial charge in [-0.2, -0.15) is 0 Å². The number of benzene rings is 2. The zero-order chi connectivity index (χ0) is 22.1. The lowest BCUT2D eigenvalue weighted by Crippen LogP contribution is -2.51. The van der Waals surface area contributed by atoms with Crippen molar-refractivity contribution in [1.29, 1.82) is 0 Å². The van der Waals surface area contributed by atoms with Crippen LogP contribution in [-0.4, -0.2) is 73.9 Å². The second kappa shape index (κ2) is 9.25. The highest BCUT2D eigenvalue weighted by molar-refractivity contribution is 9.10. The van der Waals surface area contributed by atoms with Crippen LogP contribution < -0.4 is 14.5 Å². The number of anilines is 2. The summed E-state index contributed by atoms with van der Waals surface area (Å²) in [7, 11) is 1.68. The van der Waals surface area contributed by atoms with Crippen molar-refractivity contribution in [2.75, 3.05) is 62.1 Å². The van der Waals surface area contributed by atoms with Crippen LogP contribution in [0.3, 0.4) is 0 Å². The van der Waals surface area contributed by atoms with E-state index in [0.29, 0.717) is 17.5 Å². The molecule has 0 N–H and O–H groups in total. The van der Waals surface area contributed by atoms with Gasteiger partial charge in [-0.3, -0.25) is 19.6 Å². The molecular formula is C23H24BrN5O2S. The van der Waals surface area contributed by atoms with E-state index < -0.39 is 0 Å². The number of hydrogen-bond acceptors (Lipinski definition) is 7. The SMILES string of the molecule is COc1ccc(N2CCN(CN3C(=O)C(=NC4=NCCS4)c4cc(Br)ccc43)CC2)cc1. The zero-order valence-electron chi connectivity index (χ0n) is 17.8. The van der Waals surface area contributed by atoms with Crippen molar-refractivity contribution in [2.24, 2.45) is 9.98 Å². The van der Waals surface area contributed by atoms with Gasteiger partial charge in [-0.15, -0.1) is 0 Å². The summed E-state index contributed by atoms with van der Waals surface area (Å²) in [5.41, 5.74) is 3.48. The van der Waals surface area contributed by atoms with Gasteiger partial charge >= 0.3 is 0 Å². The lowest BCUT2D eigenvalue weighted by molar-refractivity contribution is -0.112. The molecule has 32 heavy (non-hydrogen) atoms. The molecule has 3 heterocycles. The smallest absolute Gasteiger partial charge is 0.278 e. The molecule has 1 amide bonds. The average Bonchev–Trinajstić information content (AvgIpc) is 3.42. The van der Waals surface area contributed by atoms with E-state index >= 15 is 0 Å². The molecule has 9 heteroatoms. The third-order valence-corrected chi connectivity index (χ3v) is 7.24. The first-order valence-electron chi connectivity index (χ1n) is 10.6. The van der Waals surface area contributed by atoms with Crippen LogP contribution in [0.15, 0.2) is 56.9 Å². The molecular weight excluding hydrogens is 490 g/mol. The molecule has 0 saturated carbocycles. The molecule has 2 aromatic carbocycles. The highest BCUT2D eigenvalue weighted by Gasteiger charge is 2.36. The molecule has 7 nitrogen and oxygen atoms in total. The fraction of sp³-hybridized carbons (Fsp3) is 0.348.